The van der Waals surface area contributed by atoms with Gasteiger partial charge in [0.1, 0.15) is 0 Å². The molecule has 0 aliphatic rings. The van der Waals surface area contributed by atoms with Crippen molar-refractivity contribution in [2.75, 3.05) is 0 Å². The van der Waals surface area contributed by atoms with Crippen molar-refractivity contribution in [2.24, 2.45) is 0 Å². The number of nitro benzene ring substituents is 1. The van der Waals surface area contributed by atoms with Crippen LogP contribution >= 0.6 is 15.9 Å². The maximum atomic E-state index is 10.6. The Balaban J connectivity index is 2.97. The quantitative estimate of drug-likeness (QED) is 0.603. The first kappa shape index (κ1) is 9.92. The van der Waals surface area contributed by atoms with Crippen LogP contribution in [0.2, 0.25) is 0 Å². The van der Waals surface area contributed by atoms with E-state index in [9.17, 15) is 10.1 Å². The van der Waals surface area contributed by atoms with E-state index in [2.05, 4.69) is 15.9 Å². The second kappa shape index (κ2) is 4.77. The van der Waals surface area contributed by atoms with Gasteiger partial charge in [0.2, 0.25) is 0 Å². The summed E-state index contributed by atoms with van der Waals surface area (Å²) in [5.41, 5.74) is 0.899. The van der Waals surface area contributed by atoms with E-state index < -0.39 is 0 Å². The maximum Gasteiger partial charge on any atom is 0.272 e. The van der Waals surface area contributed by atoms with E-state index in [0.717, 1.165) is 5.56 Å². The summed E-state index contributed by atoms with van der Waals surface area (Å²) < 4.78 is 0. The van der Waals surface area contributed by atoms with E-state index in [1.165, 1.54) is 6.07 Å². The predicted octanol–water partition coefficient (Wildman–Crippen LogP) is 3.05. The summed E-state index contributed by atoms with van der Waals surface area (Å²) in [6.45, 7) is 0. The zero-order valence-corrected chi connectivity index (χ0v) is 8.40. The molecule has 1 aromatic carbocycles. The van der Waals surface area contributed by atoms with Crippen LogP contribution in [0.3, 0.4) is 0 Å². The molecule has 13 heavy (non-hydrogen) atoms. The number of rotatable bonds is 3. The Morgan fingerprint density at radius 3 is 2.77 bits per heavy atom. The maximum absolute atomic E-state index is 10.6. The van der Waals surface area contributed by atoms with Crippen LogP contribution in [0.15, 0.2) is 35.3 Å². The Labute approximate surface area is 84.4 Å². The van der Waals surface area contributed by atoms with Crippen LogP contribution in [0.4, 0.5) is 5.69 Å². The zero-order chi connectivity index (χ0) is 9.68. The summed E-state index contributed by atoms with van der Waals surface area (Å²) in [7, 11) is 0. The molecule has 0 amide bonds. The molecule has 1 rings (SSSR count). The van der Waals surface area contributed by atoms with Crippen LogP contribution in [-0.2, 0) is 6.42 Å². The first-order chi connectivity index (χ1) is 6.25. The van der Waals surface area contributed by atoms with Gasteiger partial charge in [-0.3, -0.25) is 10.1 Å². The number of nitrogens with zero attached hydrogens (tertiary/aromatic N) is 1. The van der Waals surface area contributed by atoms with Crippen LogP contribution in [-0.4, -0.2) is 4.92 Å². The molecule has 0 aromatic heterocycles. The fraction of sp³-hybridized carbons (Fsp3) is 0.111. The lowest BCUT2D eigenvalue weighted by Gasteiger charge is -1.97. The van der Waals surface area contributed by atoms with E-state index in [4.69, 9.17) is 0 Å². The smallest absolute Gasteiger partial charge is 0.258 e. The van der Waals surface area contributed by atoms with Crippen molar-refractivity contribution >= 4 is 21.6 Å². The molecule has 0 aliphatic carbocycles. The number of allylic oxidation sites excluding steroid dienone is 1. The Morgan fingerprint density at radius 1 is 1.46 bits per heavy atom. The van der Waals surface area contributed by atoms with Crippen LogP contribution in [0.1, 0.15) is 5.56 Å². The first-order valence-electron chi connectivity index (χ1n) is 3.73. The van der Waals surface area contributed by atoms with Crippen LogP contribution in [0.25, 0.3) is 0 Å². The second-order valence-corrected chi connectivity index (χ2v) is 2.98. The fourth-order valence-electron chi connectivity index (χ4n) is 1.03. The lowest BCUT2D eigenvalue weighted by Crippen LogP contribution is -1.93. The van der Waals surface area contributed by atoms with Gasteiger partial charge in [-0.05, 0) is 11.4 Å². The molecule has 0 bridgehead atoms. The molecular formula is C9H8BrNO2. The number of para-hydroxylation sites is 1. The van der Waals surface area contributed by atoms with E-state index in [-0.39, 0.29) is 10.6 Å². The molecule has 68 valence electrons. The molecule has 4 heteroatoms. The van der Waals surface area contributed by atoms with E-state index in [1.807, 2.05) is 6.08 Å². The third-order valence-corrected chi connectivity index (χ3v) is 1.99. The highest BCUT2D eigenvalue weighted by Crippen LogP contribution is 2.18. The van der Waals surface area contributed by atoms with Gasteiger partial charge in [0.15, 0.2) is 0 Å². The van der Waals surface area contributed by atoms with Gasteiger partial charge >= 0.3 is 0 Å². The SMILES string of the molecule is O=[N+]([O-])c1ccccc1CC=CBr. The van der Waals surface area contributed by atoms with Crippen molar-refractivity contribution in [2.45, 2.75) is 6.42 Å². The average molecular weight is 242 g/mol. The molecule has 0 fully saturated rings. The molecule has 0 spiro atoms. The molecule has 0 saturated carbocycles. The number of benzene rings is 1. The Kier molecular flexibility index (Phi) is 3.64. The summed E-state index contributed by atoms with van der Waals surface area (Å²) in [5.74, 6) is 0. The van der Waals surface area contributed by atoms with Crippen molar-refractivity contribution < 1.29 is 4.92 Å². The minimum atomic E-state index is -0.364. The standard InChI is InChI=1S/C9H8BrNO2/c10-7-3-5-8-4-1-2-6-9(8)11(12)13/h1-4,6-7H,5H2. The van der Waals surface area contributed by atoms with Gasteiger partial charge in [-0.25, -0.2) is 0 Å². The molecule has 0 unspecified atom stereocenters. The van der Waals surface area contributed by atoms with Gasteiger partial charge < -0.3 is 0 Å². The Bertz CT molecular complexity index is 336. The molecule has 3 nitrogen and oxygen atoms in total. The van der Waals surface area contributed by atoms with Crippen LogP contribution in [0.5, 0.6) is 0 Å². The third-order valence-electron chi connectivity index (χ3n) is 1.62. The van der Waals surface area contributed by atoms with Crippen molar-refractivity contribution in [3.8, 4) is 0 Å². The number of hydrogen-bond donors (Lipinski definition) is 0. The van der Waals surface area contributed by atoms with Crippen molar-refractivity contribution in [1.29, 1.82) is 0 Å². The van der Waals surface area contributed by atoms with Gasteiger partial charge in [-0.1, -0.05) is 40.2 Å². The van der Waals surface area contributed by atoms with Gasteiger partial charge in [0.25, 0.3) is 5.69 Å². The highest BCUT2D eigenvalue weighted by atomic mass is 79.9. The molecule has 0 heterocycles. The molecule has 0 radical (unpaired) electrons. The Morgan fingerprint density at radius 2 is 2.15 bits per heavy atom. The van der Waals surface area contributed by atoms with E-state index >= 15 is 0 Å². The fourth-order valence-corrected chi connectivity index (χ4v) is 1.22. The first-order valence-corrected chi connectivity index (χ1v) is 4.65. The summed E-state index contributed by atoms with van der Waals surface area (Å²) >= 11 is 3.12. The molecule has 0 saturated heterocycles. The molecule has 1 aromatic rings. The lowest BCUT2D eigenvalue weighted by atomic mass is 10.1. The summed E-state index contributed by atoms with van der Waals surface area (Å²) in [6.07, 6.45) is 2.39. The topological polar surface area (TPSA) is 43.1 Å². The monoisotopic (exact) mass is 241 g/mol. The van der Waals surface area contributed by atoms with E-state index in [0.29, 0.717) is 6.42 Å². The predicted molar refractivity (Wildman–Crippen MR) is 54.9 cm³/mol. The molecule has 0 N–H and O–H groups in total. The summed E-state index contributed by atoms with van der Waals surface area (Å²) in [4.78, 5) is 11.9. The van der Waals surface area contributed by atoms with Crippen LogP contribution in [0, 0.1) is 10.1 Å². The number of halogens is 1. The van der Waals surface area contributed by atoms with E-state index in [1.54, 1.807) is 23.2 Å². The largest absolute Gasteiger partial charge is 0.272 e. The van der Waals surface area contributed by atoms with Crippen molar-refractivity contribution in [1.82, 2.24) is 0 Å². The minimum Gasteiger partial charge on any atom is -0.258 e. The minimum absolute atomic E-state index is 0.174. The van der Waals surface area contributed by atoms with Crippen molar-refractivity contribution in [3.05, 3.63) is 51.0 Å². The third kappa shape index (κ3) is 2.66. The highest BCUT2D eigenvalue weighted by molar-refractivity contribution is 9.11. The van der Waals surface area contributed by atoms with Crippen molar-refractivity contribution in [3.63, 3.8) is 0 Å². The molecule has 0 atom stereocenters. The van der Waals surface area contributed by atoms with Gasteiger partial charge in [0, 0.05) is 11.6 Å². The normalized spacial score (nSPS) is 10.5. The molecular weight excluding hydrogens is 234 g/mol. The lowest BCUT2D eigenvalue weighted by molar-refractivity contribution is -0.385. The van der Waals surface area contributed by atoms with Gasteiger partial charge in [-0.2, -0.15) is 0 Å². The summed E-state index contributed by atoms with van der Waals surface area (Å²) in [5, 5.41) is 10.6. The van der Waals surface area contributed by atoms with Gasteiger partial charge in [-0.15, -0.1) is 0 Å². The second-order valence-electron chi connectivity index (χ2n) is 2.45. The number of hydrogen-bond acceptors (Lipinski definition) is 2. The average Bonchev–Trinajstić information content (AvgIpc) is 2.15. The van der Waals surface area contributed by atoms with Crippen LogP contribution < -0.4 is 0 Å². The summed E-state index contributed by atoms with van der Waals surface area (Å²) in [6, 6.07) is 6.73. The van der Waals surface area contributed by atoms with Gasteiger partial charge in [0.05, 0.1) is 4.92 Å². The molecule has 0 aliphatic heterocycles. The highest BCUT2D eigenvalue weighted by Gasteiger charge is 2.09. The number of nitro groups is 1. The Hall–Kier alpha value is -1.16. The zero-order valence-electron chi connectivity index (χ0n) is 6.81.